The molecule has 294 valence electrons. The number of aliphatic hydroxyl groups excluding tert-OH is 1. The summed E-state index contributed by atoms with van der Waals surface area (Å²) >= 11 is 0. The highest BCUT2D eigenvalue weighted by Gasteiger charge is 2.61. The van der Waals surface area contributed by atoms with Crippen LogP contribution in [-0.4, -0.2) is 62.6 Å². The normalized spacial score (nSPS) is 26.6. The fourth-order valence-electron chi connectivity index (χ4n) is 8.09. The lowest BCUT2D eigenvalue weighted by atomic mass is 9.72. The first-order chi connectivity index (χ1) is 24.7. The van der Waals surface area contributed by atoms with Gasteiger partial charge in [-0.3, -0.25) is 9.36 Å². The zero-order valence-electron chi connectivity index (χ0n) is 34.4. The lowest BCUT2D eigenvalue weighted by Gasteiger charge is -2.51. The van der Waals surface area contributed by atoms with Gasteiger partial charge in [0.1, 0.15) is 24.1 Å². The minimum atomic E-state index is -3.00. The average Bonchev–Trinajstić information content (AvgIpc) is 3.33. The van der Waals surface area contributed by atoms with Gasteiger partial charge in [0.15, 0.2) is 6.23 Å². The number of fused-ring (bicyclic) bond motifs is 1. The number of allylic oxidation sites excluding steroid dienone is 9. The molecule has 2 saturated heterocycles. The summed E-state index contributed by atoms with van der Waals surface area (Å²) in [5.74, 6) is -0.310. The van der Waals surface area contributed by atoms with E-state index >= 15 is 0 Å². The minimum absolute atomic E-state index is 0.0740. The van der Waals surface area contributed by atoms with Gasteiger partial charge in [0.25, 0.3) is 0 Å². The van der Waals surface area contributed by atoms with Crippen molar-refractivity contribution in [3.63, 3.8) is 0 Å². The van der Waals surface area contributed by atoms with Crippen LogP contribution in [0.2, 0.25) is 22.2 Å². The van der Waals surface area contributed by atoms with Crippen molar-refractivity contribution in [2.75, 3.05) is 11.9 Å². The highest BCUT2D eigenvalue weighted by molar-refractivity contribution is 6.84. The highest BCUT2D eigenvalue weighted by atomic mass is 28.5. The maximum Gasteiger partial charge on any atom is 0.351 e. The molecule has 2 fully saturated rings. The maximum absolute atomic E-state index is 13.3. The smallest absolute Gasteiger partial charge is 0.351 e. The van der Waals surface area contributed by atoms with E-state index in [2.05, 4.69) is 106 Å². The third-order valence-electron chi connectivity index (χ3n) is 11.1. The van der Waals surface area contributed by atoms with Gasteiger partial charge in [-0.25, -0.2) is 4.79 Å². The number of carbonyl (C=O) groups excluding carboxylic acids is 1. The Kier molecular flexibility index (Phi) is 14.1. The van der Waals surface area contributed by atoms with Gasteiger partial charge < -0.3 is 28.1 Å². The molecule has 53 heavy (non-hydrogen) atoms. The lowest BCUT2D eigenvalue weighted by Crippen LogP contribution is -2.65. The molecule has 1 aromatic rings. The number of anilines is 1. The first-order valence-corrected chi connectivity index (χ1v) is 23.4. The van der Waals surface area contributed by atoms with Gasteiger partial charge in [-0.2, -0.15) is 4.98 Å². The predicted octanol–water partition coefficient (Wildman–Crippen LogP) is 8.93. The van der Waals surface area contributed by atoms with E-state index in [4.69, 9.17) is 17.7 Å². The van der Waals surface area contributed by atoms with Crippen LogP contribution in [-0.2, 0) is 22.5 Å². The van der Waals surface area contributed by atoms with Gasteiger partial charge in [0.05, 0.1) is 6.61 Å². The quantitative estimate of drug-likeness (QED) is 0.130. The molecule has 0 radical (unpaired) electrons. The molecule has 3 aliphatic rings. The maximum atomic E-state index is 13.3. The van der Waals surface area contributed by atoms with Crippen LogP contribution < -0.4 is 11.0 Å². The Bertz CT molecular complexity index is 1670. The number of aliphatic hydroxyl groups is 1. The monoisotopic (exact) mass is 767 g/mol. The van der Waals surface area contributed by atoms with Crippen molar-refractivity contribution < 1.29 is 27.6 Å². The Morgan fingerprint density at radius 2 is 1.66 bits per heavy atom. The van der Waals surface area contributed by atoms with Crippen LogP contribution in [0.25, 0.3) is 0 Å². The van der Waals surface area contributed by atoms with Crippen molar-refractivity contribution in [3.8, 4) is 0 Å². The predicted molar refractivity (Wildman–Crippen MR) is 217 cm³/mol. The molecule has 0 bridgehead atoms. The number of nitrogens with one attached hydrogen (secondary N) is 1. The molecule has 1 unspecified atom stereocenters. The molecule has 1 aromatic heterocycles. The summed E-state index contributed by atoms with van der Waals surface area (Å²) in [7, 11) is -5.80. The van der Waals surface area contributed by atoms with E-state index in [9.17, 15) is 14.7 Å². The Balaban J connectivity index is 1.46. The molecular weight excluding hydrogens is 703 g/mol. The van der Waals surface area contributed by atoms with Gasteiger partial charge in [0.2, 0.25) is 5.91 Å². The van der Waals surface area contributed by atoms with E-state index in [1.807, 2.05) is 25.2 Å². The number of hydrogen-bond acceptors (Lipinski definition) is 8. The van der Waals surface area contributed by atoms with E-state index in [0.29, 0.717) is 0 Å². The fourth-order valence-corrected chi connectivity index (χ4v) is 19.3. The van der Waals surface area contributed by atoms with Crippen molar-refractivity contribution in [2.24, 2.45) is 5.41 Å². The molecule has 0 aromatic carbocycles. The van der Waals surface area contributed by atoms with Crippen LogP contribution in [0.5, 0.6) is 0 Å². The number of amides is 1. The molecule has 1 amide bonds. The summed E-state index contributed by atoms with van der Waals surface area (Å²) in [5, 5.41) is 14.3. The number of hydrogen-bond donors (Lipinski definition) is 2. The summed E-state index contributed by atoms with van der Waals surface area (Å²) < 4.78 is 28.6. The van der Waals surface area contributed by atoms with E-state index in [-0.39, 0.29) is 40.0 Å². The third-order valence-corrected chi connectivity index (χ3v) is 21.4. The fraction of sp³-hybridized carbons (Fsp3) is 0.634. The van der Waals surface area contributed by atoms with Crippen LogP contribution in [0.4, 0.5) is 5.82 Å². The number of aromatic nitrogens is 2. The molecule has 4 rings (SSSR count). The molecular formula is C41H65N3O7Si2. The molecule has 1 aliphatic carbocycles. The summed E-state index contributed by atoms with van der Waals surface area (Å²) in [6.07, 6.45) is 13.1. The Morgan fingerprint density at radius 1 is 1.02 bits per heavy atom. The second kappa shape index (κ2) is 17.4. The SMILES string of the molecule is CC1=C(/C=C/C(C)=C/C=C/C(C)=C/C(=O)Nc2ccn([C@@H]3O[C@@H]4CO[Si](C(C)C)(C(C)C)O[Si](C(C)C)(C(C)C)OC4[C@@H]3O)c(=O)n2)C(C)(C)CCC1. The van der Waals surface area contributed by atoms with Crippen molar-refractivity contribution in [1.29, 1.82) is 0 Å². The molecule has 4 atom stereocenters. The number of nitrogens with zero attached hydrogens (tertiary/aromatic N) is 2. The first kappa shape index (κ1) is 43.0. The van der Waals surface area contributed by atoms with Gasteiger partial charge in [-0.05, 0) is 84.8 Å². The topological polar surface area (TPSA) is 121 Å². The van der Waals surface area contributed by atoms with Crippen molar-refractivity contribution >= 4 is 28.8 Å². The van der Waals surface area contributed by atoms with Crippen LogP contribution in [0.3, 0.4) is 0 Å². The van der Waals surface area contributed by atoms with Crippen LogP contribution in [0.1, 0.15) is 115 Å². The van der Waals surface area contributed by atoms with E-state index in [0.717, 1.165) is 17.6 Å². The zero-order chi connectivity index (χ0) is 39.5. The molecule has 0 spiro atoms. The van der Waals surface area contributed by atoms with Gasteiger partial charge in [-0.15, -0.1) is 0 Å². The van der Waals surface area contributed by atoms with Gasteiger partial charge >= 0.3 is 22.8 Å². The number of rotatable bonds is 11. The van der Waals surface area contributed by atoms with Crippen LogP contribution in [0.15, 0.2) is 75.8 Å². The van der Waals surface area contributed by atoms with E-state index in [1.165, 1.54) is 46.9 Å². The zero-order valence-corrected chi connectivity index (χ0v) is 36.4. The summed E-state index contributed by atoms with van der Waals surface area (Å²) in [6, 6.07) is 1.52. The minimum Gasteiger partial charge on any atom is -0.414 e. The van der Waals surface area contributed by atoms with Crippen LogP contribution in [0, 0.1) is 5.41 Å². The summed E-state index contributed by atoms with van der Waals surface area (Å²) in [4.78, 5) is 30.3. The van der Waals surface area contributed by atoms with Crippen molar-refractivity contribution in [3.05, 3.63) is 81.5 Å². The summed E-state index contributed by atoms with van der Waals surface area (Å²) in [5.41, 5.74) is 4.73. The Morgan fingerprint density at radius 3 is 2.25 bits per heavy atom. The van der Waals surface area contributed by atoms with Crippen molar-refractivity contribution in [2.45, 2.75) is 156 Å². The second-order valence-corrected chi connectivity index (χ2v) is 25.9. The van der Waals surface area contributed by atoms with Crippen molar-refractivity contribution in [1.82, 2.24) is 9.55 Å². The number of carbonyl (C=O) groups is 1. The van der Waals surface area contributed by atoms with E-state index < -0.39 is 53.3 Å². The summed E-state index contributed by atoms with van der Waals surface area (Å²) in [6.45, 7) is 28.0. The highest BCUT2D eigenvalue weighted by Crippen LogP contribution is 2.48. The third kappa shape index (κ3) is 9.57. The molecule has 2 N–H and O–H groups in total. The average molecular weight is 768 g/mol. The largest absolute Gasteiger partial charge is 0.414 e. The Labute approximate surface area is 319 Å². The van der Waals surface area contributed by atoms with E-state index in [1.54, 1.807) is 0 Å². The molecule has 0 saturated carbocycles. The molecule has 10 nitrogen and oxygen atoms in total. The second-order valence-electron chi connectivity index (χ2n) is 17.0. The first-order valence-electron chi connectivity index (χ1n) is 19.4. The standard InChI is InChI=1S/C41H65N3O7Si2/c1-26(2)52(27(3)4)48-25-34-38(50-53(51-52,28(5)6)29(7)8)37(46)39(49-34)44-23-21-35(43-40(44)47)42-36(45)24-31(10)17-14-16-30(9)19-20-33-32(11)18-15-22-41(33,12)13/h14,16-17,19-21,23-24,26-29,34,37-39,46H,15,18,22,25H2,1-13H3,(H,42,43,45,47)/b17-14+,20-19+,30-16+,31-24+/t34-,37+,38?,39-/m1/s1. The molecule has 3 heterocycles. The molecule has 2 aliphatic heterocycles. The Hall–Kier alpha value is -2.72. The van der Waals surface area contributed by atoms with Gasteiger partial charge in [-0.1, -0.05) is 111 Å². The number of ether oxygens (including phenoxy) is 1. The van der Waals surface area contributed by atoms with Gasteiger partial charge in [0, 0.05) is 12.3 Å². The molecule has 12 heteroatoms. The lowest BCUT2D eigenvalue weighted by molar-refractivity contribution is -0.112. The van der Waals surface area contributed by atoms with Crippen LogP contribution >= 0.6 is 0 Å².